The van der Waals surface area contributed by atoms with Gasteiger partial charge in [0.15, 0.2) is 5.78 Å². The zero-order valence-corrected chi connectivity index (χ0v) is 11.4. The maximum Gasteiger partial charge on any atom is 0.188 e. The lowest BCUT2D eigenvalue weighted by Crippen LogP contribution is -2.17. The lowest BCUT2D eigenvalue weighted by atomic mass is 9.89. The number of benzene rings is 2. The predicted molar refractivity (Wildman–Crippen MR) is 78.8 cm³/mol. The van der Waals surface area contributed by atoms with Crippen LogP contribution in [-0.2, 0) is 11.2 Å². The molecule has 0 radical (unpaired) electrons. The number of hydrogen-bond acceptors (Lipinski definition) is 2. The Morgan fingerprint density at radius 2 is 1.80 bits per heavy atom. The molecule has 2 heteroatoms. The Morgan fingerprint density at radius 1 is 1.05 bits per heavy atom. The standard InChI is InChI=1S/C18H18O2/c19-17(15-8-2-1-3-9-15)13-20-18-12-6-10-14-7-4-5-11-16(14)18/h1-5,7-9,11,18H,6,10,12-13H2/t18-/m0/s1. The molecule has 102 valence electrons. The molecule has 2 aromatic rings. The van der Waals surface area contributed by atoms with Crippen molar-refractivity contribution in [3.05, 3.63) is 71.3 Å². The lowest BCUT2D eigenvalue weighted by Gasteiger charge is -2.25. The number of ether oxygens (including phenoxy) is 1. The molecular formula is C18H18O2. The first kappa shape index (κ1) is 13.1. The average Bonchev–Trinajstić information content (AvgIpc) is 2.53. The van der Waals surface area contributed by atoms with Crippen LogP contribution in [0.4, 0.5) is 0 Å². The summed E-state index contributed by atoms with van der Waals surface area (Å²) in [6.07, 6.45) is 3.30. The molecule has 3 rings (SSSR count). The molecule has 1 aliphatic rings. The van der Waals surface area contributed by atoms with Gasteiger partial charge in [0.1, 0.15) is 6.61 Å². The van der Waals surface area contributed by atoms with Gasteiger partial charge in [-0.1, -0.05) is 54.6 Å². The van der Waals surface area contributed by atoms with Gasteiger partial charge < -0.3 is 4.74 Å². The monoisotopic (exact) mass is 266 g/mol. The molecule has 0 amide bonds. The van der Waals surface area contributed by atoms with Gasteiger partial charge in [-0.2, -0.15) is 0 Å². The van der Waals surface area contributed by atoms with Crippen LogP contribution in [0.3, 0.4) is 0 Å². The maximum absolute atomic E-state index is 12.1. The first-order chi connectivity index (χ1) is 9.84. The summed E-state index contributed by atoms with van der Waals surface area (Å²) >= 11 is 0. The van der Waals surface area contributed by atoms with Crippen LogP contribution < -0.4 is 0 Å². The van der Waals surface area contributed by atoms with E-state index in [1.54, 1.807) is 0 Å². The summed E-state index contributed by atoms with van der Waals surface area (Å²) in [7, 11) is 0. The van der Waals surface area contributed by atoms with Crippen LogP contribution in [0.25, 0.3) is 0 Å². The Kier molecular flexibility index (Phi) is 3.93. The van der Waals surface area contributed by atoms with E-state index < -0.39 is 0 Å². The van der Waals surface area contributed by atoms with E-state index in [1.165, 1.54) is 11.1 Å². The van der Waals surface area contributed by atoms with Crippen LogP contribution in [0.15, 0.2) is 54.6 Å². The van der Waals surface area contributed by atoms with Gasteiger partial charge in [-0.25, -0.2) is 0 Å². The van der Waals surface area contributed by atoms with E-state index in [9.17, 15) is 4.79 Å². The SMILES string of the molecule is O=C(CO[C@H]1CCCc2ccccc21)c1ccccc1. The van der Waals surface area contributed by atoms with E-state index in [1.807, 2.05) is 36.4 Å². The minimum Gasteiger partial charge on any atom is -0.365 e. The second kappa shape index (κ2) is 6.02. The molecule has 0 saturated heterocycles. The van der Waals surface area contributed by atoms with Crippen molar-refractivity contribution in [2.45, 2.75) is 25.4 Å². The number of hydrogen-bond donors (Lipinski definition) is 0. The first-order valence-corrected chi connectivity index (χ1v) is 7.12. The summed E-state index contributed by atoms with van der Waals surface area (Å²) in [5.41, 5.74) is 3.33. The van der Waals surface area contributed by atoms with Gasteiger partial charge in [-0.3, -0.25) is 4.79 Å². The van der Waals surface area contributed by atoms with Crippen LogP contribution in [0, 0.1) is 0 Å². The fourth-order valence-corrected chi connectivity index (χ4v) is 2.77. The lowest BCUT2D eigenvalue weighted by molar-refractivity contribution is 0.0372. The van der Waals surface area contributed by atoms with Crippen LogP contribution in [0.2, 0.25) is 0 Å². The van der Waals surface area contributed by atoms with Gasteiger partial charge in [0.2, 0.25) is 0 Å². The molecule has 0 spiro atoms. The topological polar surface area (TPSA) is 26.3 Å². The van der Waals surface area contributed by atoms with Crippen LogP contribution >= 0.6 is 0 Å². The summed E-state index contributed by atoms with van der Waals surface area (Å²) < 4.78 is 5.88. The van der Waals surface area contributed by atoms with Gasteiger partial charge in [-0.15, -0.1) is 0 Å². The van der Waals surface area contributed by atoms with Gasteiger partial charge >= 0.3 is 0 Å². The van der Waals surface area contributed by atoms with Crippen LogP contribution in [0.1, 0.15) is 40.4 Å². The fraction of sp³-hybridized carbons (Fsp3) is 0.278. The molecule has 0 saturated carbocycles. The van der Waals surface area contributed by atoms with E-state index >= 15 is 0 Å². The van der Waals surface area contributed by atoms with E-state index in [-0.39, 0.29) is 18.5 Å². The van der Waals surface area contributed by atoms with E-state index in [0.29, 0.717) is 0 Å². The van der Waals surface area contributed by atoms with Crippen molar-refractivity contribution in [1.29, 1.82) is 0 Å². The highest BCUT2D eigenvalue weighted by Crippen LogP contribution is 2.32. The summed E-state index contributed by atoms with van der Waals surface area (Å²) in [4.78, 5) is 12.1. The highest BCUT2D eigenvalue weighted by Gasteiger charge is 2.21. The van der Waals surface area contributed by atoms with Crippen LogP contribution in [0.5, 0.6) is 0 Å². The Labute approximate surface area is 119 Å². The Morgan fingerprint density at radius 3 is 2.65 bits per heavy atom. The zero-order chi connectivity index (χ0) is 13.8. The van der Waals surface area contributed by atoms with Crippen molar-refractivity contribution in [3.8, 4) is 0 Å². The van der Waals surface area contributed by atoms with Crippen molar-refractivity contribution in [3.63, 3.8) is 0 Å². The second-order valence-corrected chi connectivity index (χ2v) is 5.18. The molecule has 1 atom stereocenters. The van der Waals surface area contributed by atoms with Gasteiger partial charge in [0, 0.05) is 5.56 Å². The number of rotatable bonds is 4. The molecule has 0 unspecified atom stereocenters. The highest BCUT2D eigenvalue weighted by atomic mass is 16.5. The van der Waals surface area contributed by atoms with Crippen molar-refractivity contribution in [1.82, 2.24) is 0 Å². The molecule has 2 aromatic carbocycles. The van der Waals surface area contributed by atoms with Crippen LogP contribution in [-0.4, -0.2) is 12.4 Å². The number of Topliss-reactive ketones (excluding diaryl/α,β-unsaturated/α-hetero) is 1. The smallest absolute Gasteiger partial charge is 0.188 e. The van der Waals surface area contributed by atoms with Gasteiger partial charge in [0.25, 0.3) is 0 Å². The number of aryl methyl sites for hydroxylation is 1. The number of fused-ring (bicyclic) bond motifs is 1. The van der Waals surface area contributed by atoms with Crippen molar-refractivity contribution in [2.24, 2.45) is 0 Å². The third kappa shape index (κ3) is 2.81. The minimum atomic E-state index is 0.0497. The molecule has 0 N–H and O–H groups in total. The molecule has 0 fully saturated rings. The average molecular weight is 266 g/mol. The normalized spacial score (nSPS) is 17.5. The molecule has 1 aliphatic carbocycles. The Bertz CT molecular complexity index is 589. The molecule has 0 aromatic heterocycles. The number of ketones is 1. The van der Waals surface area contributed by atoms with E-state index in [4.69, 9.17) is 4.74 Å². The maximum atomic E-state index is 12.1. The van der Waals surface area contributed by atoms with Gasteiger partial charge in [-0.05, 0) is 30.4 Å². The zero-order valence-electron chi connectivity index (χ0n) is 11.4. The number of carbonyl (C=O) groups excluding carboxylic acids is 1. The summed E-state index contributed by atoms with van der Waals surface area (Å²) in [6, 6.07) is 17.7. The molecule has 0 bridgehead atoms. The third-order valence-electron chi connectivity index (χ3n) is 3.83. The molecule has 0 heterocycles. The predicted octanol–water partition coefficient (Wildman–Crippen LogP) is 3.96. The van der Waals surface area contributed by atoms with E-state index in [2.05, 4.69) is 18.2 Å². The fourth-order valence-electron chi connectivity index (χ4n) is 2.77. The van der Waals surface area contributed by atoms with E-state index in [0.717, 1.165) is 24.8 Å². The second-order valence-electron chi connectivity index (χ2n) is 5.18. The first-order valence-electron chi connectivity index (χ1n) is 7.12. The molecule has 0 aliphatic heterocycles. The molecular weight excluding hydrogens is 248 g/mol. The van der Waals surface area contributed by atoms with Crippen molar-refractivity contribution >= 4 is 5.78 Å². The quantitative estimate of drug-likeness (QED) is 0.783. The van der Waals surface area contributed by atoms with Crippen molar-refractivity contribution < 1.29 is 9.53 Å². The minimum absolute atomic E-state index is 0.0497. The Hall–Kier alpha value is -1.93. The molecule has 2 nitrogen and oxygen atoms in total. The molecule has 20 heavy (non-hydrogen) atoms. The Balaban J connectivity index is 1.67. The summed E-state index contributed by atoms with van der Waals surface area (Å²) in [5.74, 6) is 0.0497. The summed E-state index contributed by atoms with van der Waals surface area (Å²) in [5, 5.41) is 0. The highest BCUT2D eigenvalue weighted by molar-refractivity contribution is 5.97. The number of carbonyl (C=O) groups is 1. The van der Waals surface area contributed by atoms with Gasteiger partial charge in [0.05, 0.1) is 6.10 Å². The largest absolute Gasteiger partial charge is 0.365 e. The third-order valence-corrected chi connectivity index (χ3v) is 3.83. The van der Waals surface area contributed by atoms with Crippen molar-refractivity contribution in [2.75, 3.05) is 6.61 Å². The summed E-state index contributed by atoms with van der Waals surface area (Å²) in [6.45, 7) is 0.156.